The minimum absolute atomic E-state index is 0.0775. The molecule has 32 heavy (non-hydrogen) atoms. The van der Waals surface area contributed by atoms with Crippen molar-refractivity contribution in [2.45, 2.75) is 41.2 Å². The number of aryl methyl sites for hydroxylation is 3. The van der Waals surface area contributed by atoms with Crippen LogP contribution in [0.4, 0.5) is 11.4 Å². The highest BCUT2D eigenvalue weighted by molar-refractivity contribution is 5.93. The molecule has 0 aliphatic rings. The van der Waals surface area contributed by atoms with Crippen LogP contribution in [0.1, 0.15) is 30.5 Å². The fourth-order valence-corrected chi connectivity index (χ4v) is 3.24. The summed E-state index contributed by atoms with van der Waals surface area (Å²) in [6.45, 7) is 9.20. The predicted octanol–water partition coefficient (Wildman–Crippen LogP) is 4.07. The van der Waals surface area contributed by atoms with E-state index in [0.717, 1.165) is 32.6 Å². The third kappa shape index (κ3) is 5.29. The molecule has 0 saturated carbocycles. The molecule has 3 aromatic rings. The van der Waals surface area contributed by atoms with E-state index < -0.39 is 0 Å². The van der Waals surface area contributed by atoms with Crippen LogP contribution in [-0.4, -0.2) is 21.6 Å². The molecule has 0 unspecified atom stereocenters. The van der Waals surface area contributed by atoms with E-state index in [9.17, 15) is 14.4 Å². The van der Waals surface area contributed by atoms with E-state index in [1.165, 1.54) is 6.07 Å². The Balaban J connectivity index is 1.85. The van der Waals surface area contributed by atoms with E-state index in [4.69, 9.17) is 0 Å². The number of para-hydroxylation sites is 1. The number of benzene rings is 2. The third-order valence-corrected chi connectivity index (χ3v) is 5.22. The number of nitrogens with zero attached hydrogens (tertiary/aromatic N) is 2. The van der Waals surface area contributed by atoms with Crippen molar-refractivity contribution in [3.05, 3.63) is 75.6 Å². The third-order valence-electron chi connectivity index (χ3n) is 5.22. The van der Waals surface area contributed by atoms with Crippen LogP contribution in [0, 0.1) is 26.7 Å². The van der Waals surface area contributed by atoms with Gasteiger partial charge in [-0.05, 0) is 49.6 Å². The van der Waals surface area contributed by atoms with Gasteiger partial charge in [-0.15, -0.1) is 0 Å². The molecular formula is C25H28N4O3. The Morgan fingerprint density at radius 1 is 0.938 bits per heavy atom. The molecule has 1 aromatic heterocycles. The maximum Gasteiger partial charge on any atom is 0.267 e. The van der Waals surface area contributed by atoms with Crippen molar-refractivity contribution in [3.8, 4) is 11.3 Å². The number of aromatic nitrogens is 2. The standard InChI is InChI=1S/C25H28N4O3/c1-15(2)25(32)26-21-13-19(10-9-16(21)3)20-11-12-23(31)29(28-20)14-22(30)27-24-17(4)7-6-8-18(24)5/h6-13,15H,14H2,1-5H3,(H,26,32)(H,27,30). The highest BCUT2D eigenvalue weighted by Gasteiger charge is 2.13. The van der Waals surface area contributed by atoms with Gasteiger partial charge in [0.1, 0.15) is 6.54 Å². The van der Waals surface area contributed by atoms with Crippen LogP contribution in [0.25, 0.3) is 11.3 Å². The summed E-state index contributed by atoms with van der Waals surface area (Å²) in [5, 5.41) is 10.2. The number of amides is 2. The van der Waals surface area contributed by atoms with Gasteiger partial charge in [0.25, 0.3) is 5.56 Å². The van der Waals surface area contributed by atoms with Crippen LogP contribution in [0.2, 0.25) is 0 Å². The van der Waals surface area contributed by atoms with Gasteiger partial charge in [0, 0.05) is 28.9 Å². The molecule has 2 aromatic carbocycles. The summed E-state index contributed by atoms with van der Waals surface area (Å²) in [6, 6.07) is 14.3. The van der Waals surface area contributed by atoms with Crippen LogP contribution < -0.4 is 16.2 Å². The lowest BCUT2D eigenvalue weighted by Gasteiger charge is -2.13. The molecule has 0 radical (unpaired) electrons. The lowest BCUT2D eigenvalue weighted by molar-refractivity contribution is -0.119. The van der Waals surface area contributed by atoms with Crippen LogP contribution in [0.15, 0.2) is 53.3 Å². The van der Waals surface area contributed by atoms with Gasteiger partial charge in [-0.3, -0.25) is 14.4 Å². The summed E-state index contributed by atoms with van der Waals surface area (Å²) in [5.41, 5.74) is 5.14. The van der Waals surface area contributed by atoms with Crippen LogP contribution in [0.3, 0.4) is 0 Å². The second-order valence-corrected chi connectivity index (χ2v) is 8.20. The molecule has 2 amide bonds. The van der Waals surface area contributed by atoms with Crippen molar-refractivity contribution in [3.63, 3.8) is 0 Å². The first kappa shape index (κ1) is 22.9. The van der Waals surface area contributed by atoms with Gasteiger partial charge in [-0.1, -0.05) is 44.2 Å². The zero-order valence-electron chi connectivity index (χ0n) is 19.0. The SMILES string of the molecule is Cc1ccc(-c2ccc(=O)n(CC(=O)Nc3c(C)cccc3C)n2)cc1NC(=O)C(C)C. The van der Waals surface area contributed by atoms with E-state index >= 15 is 0 Å². The van der Waals surface area contributed by atoms with Crippen LogP contribution in [0.5, 0.6) is 0 Å². The van der Waals surface area contributed by atoms with Crippen molar-refractivity contribution in [1.82, 2.24) is 9.78 Å². The number of hydrogen-bond acceptors (Lipinski definition) is 4. The molecule has 0 atom stereocenters. The van der Waals surface area contributed by atoms with E-state index in [2.05, 4.69) is 15.7 Å². The topological polar surface area (TPSA) is 93.1 Å². The monoisotopic (exact) mass is 432 g/mol. The molecule has 1 heterocycles. The van der Waals surface area contributed by atoms with Crippen molar-refractivity contribution >= 4 is 23.2 Å². The first-order valence-electron chi connectivity index (χ1n) is 10.5. The quantitative estimate of drug-likeness (QED) is 0.614. The Kier molecular flexibility index (Phi) is 6.88. The Bertz CT molecular complexity index is 1210. The molecule has 166 valence electrons. The highest BCUT2D eigenvalue weighted by Crippen LogP contribution is 2.24. The summed E-state index contributed by atoms with van der Waals surface area (Å²) in [7, 11) is 0. The fourth-order valence-electron chi connectivity index (χ4n) is 3.24. The first-order chi connectivity index (χ1) is 15.2. The number of anilines is 2. The van der Waals surface area contributed by atoms with E-state index in [-0.39, 0.29) is 29.8 Å². The summed E-state index contributed by atoms with van der Waals surface area (Å²) in [6.07, 6.45) is 0. The van der Waals surface area contributed by atoms with Gasteiger partial charge < -0.3 is 10.6 Å². The summed E-state index contributed by atoms with van der Waals surface area (Å²) >= 11 is 0. The largest absolute Gasteiger partial charge is 0.326 e. The van der Waals surface area contributed by atoms with Gasteiger partial charge in [0.2, 0.25) is 11.8 Å². The van der Waals surface area contributed by atoms with Crippen LogP contribution >= 0.6 is 0 Å². The normalized spacial score (nSPS) is 10.8. The molecule has 7 heteroatoms. The second-order valence-electron chi connectivity index (χ2n) is 8.20. The number of carbonyl (C=O) groups is 2. The van der Waals surface area contributed by atoms with Gasteiger partial charge in [0.05, 0.1) is 5.69 Å². The average molecular weight is 433 g/mol. The molecule has 3 rings (SSSR count). The van der Waals surface area contributed by atoms with Crippen molar-refractivity contribution in [2.75, 3.05) is 10.6 Å². The molecule has 2 N–H and O–H groups in total. The van der Waals surface area contributed by atoms with Crippen molar-refractivity contribution in [1.29, 1.82) is 0 Å². The van der Waals surface area contributed by atoms with Crippen molar-refractivity contribution < 1.29 is 9.59 Å². The lowest BCUT2D eigenvalue weighted by atomic mass is 10.1. The molecule has 7 nitrogen and oxygen atoms in total. The van der Waals surface area contributed by atoms with Crippen molar-refractivity contribution in [2.24, 2.45) is 5.92 Å². The van der Waals surface area contributed by atoms with Gasteiger partial charge in [-0.2, -0.15) is 5.10 Å². The Hall–Kier alpha value is -3.74. The molecule has 0 aliphatic carbocycles. The maximum absolute atomic E-state index is 12.6. The van der Waals surface area contributed by atoms with E-state index in [1.54, 1.807) is 6.07 Å². The minimum Gasteiger partial charge on any atom is -0.326 e. The Labute approximate surface area is 187 Å². The average Bonchev–Trinajstić information content (AvgIpc) is 2.74. The van der Waals surface area contributed by atoms with Crippen LogP contribution in [-0.2, 0) is 16.1 Å². The van der Waals surface area contributed by atoms with Gasteiger partial charge in [-0.25, -0.2) is 4.68 Å². The summed E-state index contributed by atoms with van der Waals surface area (Å²) in [4.78, 5) is 37.1. The molecule has 0 fully saturated rings. The highest BCUT2D eigenvalue weighted by atomic mass is 16.2. The molecule has 0 aliphatic heterocycles. The number of rotatable bonds is 6. The zero-order valence-corrected chi connectivity index (χ0v) is 19.0. The smallest absolute Gasteiger partial charge is 0.267 e. The number of hydrogen-bond donors (Lipinski definition) is 2. The second kappa shape index (κ2) is 9.60. The minimum atomic E-state index is -0.370. The fraction of sp³-hybridized carbons (Fsp3) is 0.280. The Morgan fingerprint density at radius 2 is 1.62 bits per heavy atom. The van der Waals surface area contributed by atoms with Gasteiger partial charge >= 0.3 is 0 Å². The lowest BCUT2D eigenvalue weighted by Crippen LogP contribution is -2.29. The zero-order chi connectivity index (χ0) is 23.4. The first-order valence-corrected chi connectivity index (χ1v) is 10.5. The molecule has 0 bridgehead atoms. The van der Waals surface area contributed by atoms with Gasteiger partial charge in [0.15, 0.2) is 0 Å². The van der Waals surface area contributed by atoms with E-state index in [1.807, 2.05) is 71.0 Å². The number of carbonyl (C=O) groups excluding carboxylic acids is 2. The molecular weight excluding hydrogens is 404 g/mol. The van der Waals surface area contributed by atoms with E-state index in [0.29, 0.717) is 11.4 Å². The molecule has 0 saturated heterocycles. The molecule has 0 spiro atoms. The Morgan fingerprint density at radius 3 is 2.28 bits per heavy atom. The maximum atomic E-state index is 12.6. The summed E-state index contributed by atoms with van der Waals surface area (Å²) < 4.78 is 1.14. The number of nitrogens with one attached hydrogen (secondary N) is 2. The summed E-state index contributed by atoms with van der Waals surface area (Å²) in [5.74, 6) is -0.553. The predicted molar refractivity (Wildman–Crippen MR) is 127 cm³/mol.